The quantitative estimate of drug-likeness (QED) is 0.785. The highest BCUT2D eigenvalue weighted by molar-refractivity contribution is 5.93. The van der Waals surface area contributed by atoms with Crippen LogP contribution in [0, 0.1) is 0 Å². The molecule has 104 valence electrons. The van der Waals surface area contributed by atoms with Gasteiger partial charge in [0.15, 0.2) is 0 Å². The summed E-state index contributed by atoms with van der Waals surface area (Å²) in [5.41, 5.74) is 2.01. The van der Waals surface area contributed by atoms with Crippen LogP contribution in [0.2, 0.25) is 0 Å². The molecule has 1 aliphatic rings. The van der Waals surface area contributed by atoms with Crippen molar-refractivity contribution in [2.24, 2.45) is 0 Å². The molecule has 0 aliphatic carbocycles. The SMILES string of the molecule is COC(=O)c1ccc2nc(N3CCC[C@@H]3C)cnc2c1. The van der Waals surface area contributed by atoms with Crippen molar-refractivity contribution < 1.29 is 9.53 Å². The van der Waals surface area contributed by atoms with Gasteiger partial charge < -0.3 is 9.64 Å². The molecular formula is C15H17N3O2. The molecule has 0 saturated carbocycles. The molecular weight excluding hydrogens is 254 g/mol. The van der Waals surface area contributed by atoms with Gasteiger partial charge in [0.25, 0.3) is 0 Å². The smallest absolute Gasteiger partial charge is 0.337 e. The number of ether oxygens (including phenoxy) is 1. The summed E-state index contributed by atoms with van der Waals surface area (Å²) in [4.78, 5) is 22.8. The van der Waals surface area contributed by atoms with Crippen molar-refractivity contribution in [3.63, 3.8) is 0 Å². The van der Waals surface area contributed by atoms with E-state index in [1.54, 1.807) is 18.3 Å². The van der Waals surface area contributed by atoms with Crippen LogP contribution < -0.4 is 4.90 Å². The molecule has 2 heterocycles. The van der Waals surface area contributed by atoms with Gasteiger partial charge in [0, 0.05) is 12.6 Å². The summed E-state index contributed by atoms with van der Waals surface area (Å²) < 4.78 is 4.71. The molecule has 0 radical (unpaired) electrons. The van der Waals surface area contributed by atoms with E-state index in [0.29, 0.717) is 17.1 Å². The van der Waals surface area contributed by atoms with Gasteiger partial charge in [0.05, 0.1) is 29.9 Å². The lowest BCUT2D eigenvalue weighted by molar-refractivity contribution is 0.0601. The number of hydrogen-bond donors (Lipinski definition) is 0. The average Bonchev–Trinajstić information content (AvgIpc) is 2.91. The normalized spacial score (nSPS) is 18.5. The predicted molar refractivity (Wildman–Crippen MR) is 76.9 cm³/mol. The molecule has 0 bridgehead atoms. The Morgan fingerprint density at radius 1 is 1.40 bits per heavy atom. The van der Waals surface area contributed by atoms with Crippen LogP contribution in [-0.4, -0.2) is 35.6 Å². The number of anilines is 1. The summed E-state index contributed by atoms with van der Waals surface area (Å²) in [7, 11) is 1.37. The largest absolute Gasteiger partial charge is 0.465 e. The van der Waals surface area contributed by atoms with Gasteiger partial charge >= 0.3 is 5.97 Å². The van der Waals surface area contributed by atoms with Gasteiger partial charge in [0.1, 0.15) is 5.82 Å². The van der Waals surface area contributed by atoms with Crippen LogP contribution in [0.4, 0.5) is 5.82 Å². The first-order chi connectivity index (χ1) is 9.69. The van der Waals surface area contributed by atoms with Gasteiger partial charge in [-0.15, -0.1) is 0 Å². The minimum absolute atomic E-state index is 0.356. The monoisotopic (exact) mass is 271 g/mol. The molecule has 1 aliphatic heterocycles. The fourth-order valence-electron chi connectivity index (χ4n) is 2.66. The second-order valence-corrected chi connectivity index (χ2v) is 5.11. The highest BCUT2D eigenvalue weighted by atomic mass is 16.5. The Hall–Kier alpha value is -2.17. The van der Waals surface area contributed by atoms with E-state index < -0.39 is 0 Å². The molecule has 5 nitrogen and oxygen atoms in total. The number of hydrogen-bond acceptors (Lipinski definition) is 5. The second-order valence-electron chi connectivity index (χ2n) is 5.11. The highest BCUT2D eigenvalue weighted by Crippen LogP contribution is 2.24. The van der Waals surface area contributed by atoms with Gasteiger partial charge in [-0.05, 0) is 38.0 Å². The maximum Gasteiger partial charge on any atom is 0.337 e. The van der Waals surface area contributed by atoms with Crippen molar-refractivity contribution in [2.75, 3.05) is 18.6 Å². The van der Waals surface area contributed by atoms with Crippen molar-refractivity contribution in [3.8, 4) is 0 Å². The number of carbonyl (C=O) groups excluding carboxylic acids is 1. The first-order valence-corrected chi connectivity index (χ1v) is 6.81. The lowest BCUT2D eigenvalue weighted by Crippen LogP contribution is -2.27. The molecule has 2 aromatic rings. The summed E-state index contributed by atoms with van der Waals surface area (Å²) in [6.07, 6.45) is 4.17. The van der Waals surface area contributed by atoms with Crippen LogP contribution in [0.3, 0.4) is 0 Å². The van der Waals surface area contributed by atoms with Gasteiger partial charge in [-0.3, -0.25) is 4.98 Å². The lowest BCUT2D eigenvalue weighted by Gasteiger charge is -2.22. The minimum Gasteiger partial charge on any atom is -0.465 e. The Bertz CT molecular complexity index is 657. The van der Waals surface area contributed by atoms with Crippen molar-refractivity contribution in [1.29, 1.82) is 0 Å². The van der Waals surface area contributed by atoms with Crippen molar-refractivity contribution >= 4 is 22.8 Å². The first-order valence-electron chi connectivity index (χ1n) is 6.81. The van der Waals surface area contributed by atoms with E-state index in [1.807, 2.05) is 6.07 Å². The molecule has 5 heteroatoms. The van der Waals surface area contributed by atoms with Crippen molar-refractivity contribution in [1.82, 2.24) is 9.97 Å². The van der Waals surface area contributed by atoms with Crippen molar-refractivity contribution in [2.45, 2.75) is 25.8 Å². The zero-order valence-corrected chi connectivity index (χ0v) is 11.7. The van der Waals surface area contributed by atoms with Gasteiger partial charge in [-0.1, -0.05) is 0 Å². The third-order valence-corrected chi connectivity index (χ3v) is 3.80. The number of aromatic nitrogens is 2. The van der Waals surface area contributed by atoms with E-state index in [9.17, 15) is 4.79 Å². The van der Waals surface area contributed by atoms with Gasteiger partial charge in [0.2, 0.25) is 0 Å². The number of carbonyl (C=O) groups is 1. The van der Waals surface area contributed by atoms with Crippen LogP contribution in [0.25, 0.3) is 11.0 Å². The molecule has 1 saturated heterocycles. The average molecular weight is 271 g/mol. The molecule has 1 fully saturated rings. The highest BCUT2D eigenvalue weighted by Gasteiger charge is 2.22. The van der Waals surface area contributed by atoms with E-state index in [1.165, 1.54) is 20.0 Å². The molecule has 1 atom stereocenters. The summed E-state index contributed by atoms with van der Waals surface area (Å²) in [6, 6.07) is 5.76. The number of benzene rings is 1. The van der Waals surface area contributed by atoms with Crippen molar-refractivity contribution in [3.05, 3.63) is 30.0 Å². The molecule has 3 rings (SSSR count). The first kappa shape index (κ1) is 12.8. The summed E-state index contributed by atoms with van der Waals surface area (Å²) in [6.45, 7) is 3.24. The molecule has 20 heavy (non-hydrogen) atoms. The minimum atomic E-state index is -0.356. The van der Waals surface area contributed by atoms with E-state index in [2.05, 4.69) is 21.8 Å². The Kier molecular flexibility index (Phi) is 3.26. The molecule has 1 aromatic heterocycles. The maximum absolute atomic E-state index is 11.5. The van der Waals surface area contributed by atoms with Gasteiger partial charge in [-0.25, -0.2) is 9.78 Å². The number of methoxy groups -OCH3 is 1. The molecule has 0 unspecified atom stereocenters. The van der Waals surface area contributed by atoms with Crippen LogP contribution in [-0.2, 0) is 4.74 Å². The number of rotatable bonds is 2. The fourth-order valence-corrected chi connectivity index (χ4v) is 2.66. The number of nitrogens with zero attached hydrogens (tertiary/aromatic N) is 3. The number of fused-ring (bicyclic) bond motifs is 1. The molecule has 0 amide bonds. The molecule has 0 spiro atoms. The Morgan fingerprint density at radius 2 is 2.25 bits per heavy atom. The Balaban J connectivity index is 1.98. The molecule has 1 aromatic carbocycles. The summed E-state index contributed by atoms with van der Waals surface area (Å²) >= 11 is 0. The zero-order chi connectivity index (χ0) is 14.1. The van der Waals surface area contributed by atoms with E-state index in [4.69, 9.17) is 4.74 Å². The van der Waals surface area contributed by atoms with Crippen LogP contribution in [0.15, 0.2) is 24.4 Å². The summed E-state index contributed by atoms with van der Waals surface area (Å²) in [5.74, 6) is 0.555. The van der Waals surface area contributed by atoms with E-state index in [-0.39, 0.29) is 5.97 Å². The van der Waals surface area contributed by atoms with Crippen LogP contribution in [0.1, 0.15) is 30.1 Å². The maximum atomic E-state index is 11.5. The van der Waals surface area contributed by atoms with Crippen LogP contribution >= 0.6 is 0 Å². The van der Waals surface area contributed by atoms with Crippen LogP contribution in [0.5, 0.6) is 0 Å². The molecule has 0 N–H and O–H groups in total. The van der Waals surface area contributed by atoms with E-state index >= 15 is 0 Å². The lowest BCUT2D eigenvalue weighted by atomic mass is 10.2. The zero-order valence-electron chi connectivity index (χ0n) is 11.7. The number of esters is 1. The predicted octanol–water partition coefficient (Wildman–Crippen LogP) is 2.41. The Labute approximate surface area is 117 Å². The van der Waals surface area contributed by atoms with Gasteiger partial charge in [-0.2, -0.15) is 0 Å². The fraction of sp³-hybridized carbons (Fsp3) is 0.400. The third kappa shape index (κ3) is 2.19. The van der Waals surface area contributed by atoms with E-state index in [0.717, 1.165) is 17.9 Å². The third-order valence-electron chi connectivity index (χ3n) is 3.80. The standard InChI is InChI=1S/C15H17N3O2/c1-10-4-3-7-18(10)14-9-16-13-8-11(15(19)20-2)5-6-12(13)17-14/h5-6,8-10H,3-4,7H2,1-2H3/t10-/m0/s1. The summed E-state index contributed by atoms with van der Waals surface area (Å²) in [5, 5.41) is 0. The second kappa shape index (κ2) is 5.07. The Morgan fingerprint density at radius 3 is 2.95 bits per heavy atom. The topological polar surface area (TPSA) is 55.3 Å².